The van der Waals surface area contributed by atoms with E-state index in [0.717, 1.165) is 30.3 Å². The van der Waals surface area contributed by atoms with Crippen molar-refractivity contribution in [3.05, 3.63) is 89.3 Å². The summed E-state index contributed by atoms with van der Waals surface area (Å²) in [6, 6.07) is 7.97. The van der Waals surface area contributed by atoms with Crippen LogP contribution in [0.15, 0.2) is 60.9 Å². The first kappa shape index (κ1) is 26.6. The highest BCUT2D eigenvalue weighted by atomic mass is 19.4. The second-order valence-electron chi connectivity index (χ2n) is 8.65. The van der Waals surface area contributed by atoms with E-state index >= 15 is 0 Å². The molecule has 1 unspecified atom stereocenters. The van der Waals surface area contributed by atoms with Gasteiger partial charge in [-0.15, -0.1) is 0 Å². The lowest BCUT2D eigenvalue weighted by atomic mass is 10.0. The molecule has 11 heteroatoms. The second-order valence-corrected chi connectivity index (χ2v) is 8.65. The molecule has 0 aliphatic heterocycles. The van der Waals surface area contributed by atoms with E-state index in [1.807, 2.05) is 0 Å². The predicted octanol–water partition coefficient (Wildman–Crippen LogP) is 4.87. The number of nitrogens with one attached hydrogen (secondary N) is 1. The van der Waals surface area contributed by atoms with Crippen LogP contribution in [0.5, 0.6) is 5.75 Å². The summed E-state index contributed by atoms with van der Waals surface area (Å²) in [6.45, 7) is 4.79. The van der Waals surface area contributed by atoms with Gasteiger partial charge in [-0.2, -0.15) is 13.2 Å². The molecule has 0 bridgehead atoms. The molecular weight excluding hydrogens is 482 g/mol. The lowest BCUT2D eigenvalue weighted by molar-refractivity contribution is -0.157. The van der Waals surface area contributed by atoms with Gasteiger partial charge in [-0.1, -0.05) is 12.1 Å². The topological polar surface area (TPSA) is 90.4 Å². The number of alkyl halides is 3. The van der Waals surface area contributed by atoms with Crippen molar-refractivity contribution in [2.45, 2.75) is 38.6 Å². The molecule has 0 radical (unpaired) electrons. The Hall–Kier alpha value is -4.02. The summed E-state index contributed by atoms with van der Waals surface area (Å²) in [6.07, 6.45) is -2.03. The number of rotatable bonds is 7. The molecule has 1 aromatic carbocycles. The van der Waals surface area contributed by atoms with Crippen molar-refractivity contribution >= 4 is 11.9 Å². The van der Waals surface area contributed by atoms with Crippen molar-refractivity contribution in [3.63, 3.8) is 0 Å². The van der Waals surface area contributed by atoms with Gasteiger partial charge >= 0.3 is 12.1 Å². The van der Waals surface area contributed by atoms with Crippen LogP contribution in [0.3, 0.4) is 0 Å². The maximum absolute atomic E-state index is 14.5. The van der Waals surface area contributed by atoms with Gasteiger partial charge in [0.1, 0.15) is 28.6 Å². The highest BCUT2D eigenvalue weighted by Gasteiger charge is 2.31. The number of nitrogens with zero attached hydrogens (tertiary/aromatic N) is 2. The number of benzene rings is 1. The zero-order valence-electron chi connectivity index (χ0n) is 19.6. The van der Waals surface area contributed by atoms with Gasteiger partial charge in [0.2, 0.25) is 0 Å². The van der Waals surface area contributed by atoms with Gasteiger partial charge in [-0.3, -0.25) is 9.78 Å². The second kappa shape index (κ2) is 10.7. The van der Waals surface area contributed by atoms with E-state index in [1.165, 1.54) is 30.6 Å². The minimum atomic E-state index is -4.55. The first-order valence-electron chi connectivity index (χ1n) is 10.7. The van der Waals surface area contributed by atoms with Crippen LogP contribution in [0, 0.1) is 5.82 Å². The van der Waals surface area contributed by atoms with Crippen molar-refractivity contribution in [1.82, 2.24) is 15.3 Å². The zero-order chi connectivity index (χ0) is 26.5. The van der Waals surface area contributed by atoms with E-state index in [-0.39, 0.29) is 29.3 Å². The Morgan fingerprint density at radius 2 is 1.69 bits per heavy atom. The van der Waals surface area contributed by atoms with E-state index in [1.54, 1.807) is 20.8 Å². The normalized spacial score (nSPS) is 12.5. The molecule has 190 valence electrons. The number of hydrogen-bond acceptors (Lipinski definition) is 6. The van der Waals surface area contributed by atoms with Gasteiger partial charge in [0, 0.05) is 6.20 Å². The molecule has 0 saturated heterocycles. The number of halogens is 4. The van der Waals surface area contributed by atoms with Crippen LogP contribution < -0.4 is 10.1 Å². The summed E-state index contributed by atoms with van der Waals surface area (Å²) in [5.74, 6) is -1.86. The van der Waals surface area contributed by atoms with E-state index in [9.17, 15) is 27.2 Å². The predicted molar refractivity (Wildman–Crippen MR) is 121 cm³/mol. The number of esters is 1. The summed E-state index contributed by atoms with van der Waals surface area (Å²) in [5, 5.41) is 2.56. The maximum Gasteiger partial charge on any atom is 0.416 e. The fourth-order valence-electron chi connectivity index (χ4n) is 3.10. The number of hydrogen-bond donors (Lipinski definition) is 1. The molecule has 1 amide bonds. The van der Waals surface area contributed by atoms with Gasteiger partial charge in [0.25, 0.3) is 5.91 Å². The maximum atomic E-state index is 14.5. The highest BCUT2D eigenvalue weighted by Crippen LogP contribution is 2.31. The van der Waals surface area contributed by atoms with Crippen LogP contribution in [-0.2, 0) is 15.7 Å². The quantitative estimate of drug-likeness (QED) is 0.364. The van der Waals surface area contributed by atoms with Crippen molar-refractivity contribution in [2.75, 3.05) is 6.61 Å². The van der Waals surface area contributed by atoms with Gasteiger partial charge in [0.05, 0.1) is 17.8 Å². The van der Waals surface area contributed by atoms with Crippen molar-refractivity contribution in [1.29, 1.82) is 0 Å². The van der Waals surface area contributed by atoms with E-state index in [4.69, 9.17) is 9.47 Å². The molecule has 0 saturated carbocycles. The summed E-state index contributed by atoms with van der Waals surface area (Å²) >= 11 is 0. The van der Waals surface area contributed by atoms with Gasteiger partial charge < -0.3 is 14.8 Å². The molecule has 0 spiro atoms. The molecule has 2 aromatic heterocycles. The Balaban J connectivity index is 1.77. The Morgan fingerprint density at radius 3 is 2.25 bits per heavy atom. The van der Waals surface area contributed by atoms with Crippen LogP contribution in [0.1, 0.15) is 54.1 Å². The summed E-state index contributed by atoms with van der Waals surface area (Å²) in [5.41, 5.74) is -1.62. The number of carbonyl (C=O) groups excluding carboxylic acids is 2. The van der Waals surface area contributed by atoms with Gasteiger partial charge in [0.15, 0.2) is 6.61 Å². The molecular formula is C25H23F4N3O4. The molecule has 3 aromatic rings. The Kier molecular flexibility index (Phi) is 7.91. The van der Waals surface area contributed by atoms with Crippen molar-refractivity contribution in [2.24, 2.45) is 0 Å². The van der Waals surface area contributed by atoms with E-state index < -0.39 is 41.1 Å². The Labute approximate surface area is 204 Å². The third kappa shape index (κ3) is 7.24. The zero-order valence-corrected chi connectivity index (χ0v) is 19.6. The lowest BCUT2D eigenvalue weighted by Crippen LogP contribution is -2.31. The molecule has 1 atom stereocenters. The summed E-state index contributed by atoms with van der Waals surface area (Å²) in [4.78, 5) is 32.6. The fraction of sp³-hybridized carbons (Fsp3) is 0.280. The number of amides is 1. The van der Waals surface area contributed by atoms with Gasteiger partial charge in [-0.05, 0) is 62.7 Å². The first-order valence-corrected chi connectivity index (χ1v) is 10.7. The van der Waals surface area contributed by atoms with Crippen LogP contribution in [0.4, 0.5) is 17.6 Å². The van der Waals surface area contributed by atoms with Gasteiger partial charge in [-0.25, -0.2) is 14.2 Å². The molecule has 1 N–H and O–H groups in total. The number of aromatic nitrogens is 2. The summed E-state index contributed by atoms with van der Waals surface area (Å²) in [7, 11) is 0. The molecule has 0 aliphatic carbocycles. The van der Waals surface area contributed by atoms with E-state index in [2.05, 4.69) is 15.3 Å². The average molecular weight is 505 g/mol. The molecule has 36 heavy (non-hydrogen) atoms. The number of pyridine rings is 2. The summed E-state index contributed by atoms with van der Waals surface area (Å²) < 4.78 is 63.8. The Morgan fingerprint density at radius 1 is 1.00 bits per heavy atom. The van der Waals surface area contributed by atoms with Crippen LogP contribution >= 0.6 is 0 Å². The minimum Gasteiger partial charge on any atom is -0.480 e. The lowest BCUT2D eigenvalue weighted by Gasteiger charge is -2.20. The molecule has 0 fully saturated rings. The smallest absolute Gasteiger partial charge is 0.416 e. The first-order chi connectivity index (χ1) is 16.8. The van der Waals surface area contributed by atoms with Crippen molar-refractivity contribution in [3.8, 4) is 5.75 Å². The Bertz CT molecular complexity index is 1210. The number of ether oxygens (including phenoxy) is 2. The third-order valence-electron chi connectivity index (χ3n) is 4.65. The van der Waals surface area contributed by atoms with Crippen LogP contribution in [-0.4, -0.2) is 34.1 Å². The number of carbonyl (C=O) groups is 2. The molecule has 7 nitrogen and oxygen atoms in total. The minimum absolute atomic E-state index is 0.0760. The molecule has 0 aliphatic rings. The van der Waals surface area contributed by atoms with Crippen molar-refractivity contribution < 1.29 is 36.6 Å². The average Bonchev–Trinajstić information content (AvgIpc) is 2.80. The van der Waals surface area contributed by atoms with Crippen LogP contribution in [0.25, 0.3) is 0 Å². The van der Waals surface area contributed by atoms with E-state index in [0.29, 0.717) is 0 Å². The SMILES string of the molecule is CC(C)(C)OC(=O)COc1ccc(C(=O)NC(c2ccc(C(F)(F)F)cc2)c2ncccc2F)nc1. The fourth-order valence-corrected chi connectivity index (χ4v) is 3.10. The third-order valence-corrected chi connectivity index (χ3v) is 4.65. The highest BCUT2D eigenvalue weighted by molar-refractivity contribution is 5.92. The monoisotopic (exact) mass is 505 g/mol. The largest absolute Gasteiger partial charge is 0.480 e. The standard InChI is InChI=1S/C25H23F4N3O4/c1-24(2,3)36-20(33)14-35-17-10-11-19(31-13-17)23(34)32-21(22-18(26)5-4-12-30-22)15-6-8-16(9-7-15)25(27,28)29/h4-13,21H,14H2,1-3H3,(H,32,34). The molecule has 2 heterocycles. The molecule has 3 rings (SSSR count). The van der Waals surface area contributed by atoms with Crippen LogP contribution in [0.2, 0.25) is 0 Å².